The summed E-state index contributed by atoms with van der Waals surface area (Å²) >= 11 is 3.49. The van der Waals surface area contributed by atoms with Gasteiger partial charge in [-0.2, -0.15) is 0 Å². The average Bonchev–Trinajstić information content (AvgIpc) is 2.83. The molecule has 1 fully saturated rings. The lowest BCUT2D eigenvalue weighted by atomic mass is 10.1. The lowest BCUT2D eigenvalue weighted by Crippen LogP contribution is -2.39. The van der Waals surface area contributed by atoms with Gasteiger partial charge in [-0.15, -0.1) is 35.3 Å². The average molecular weight is 440 g/mol. The normalized spacial score (nSPS) is 17.0. The third-order valence-electron chi connectivity index (χ3n) is 3.43. The van der Waals surface area contributed by atoms with E-state index in [1.165, 1.54) is 38.5 Å². The Morgan fingerprint density at radius 3 is 2.81 bits per heavy atom. The van der Waals surface area contributed by atoms with Crippen molar-refractivity contribution >= 4 is 53.0 Å². The minimum Gasteiger partial charge on any atom is -0.370 e. The number of nitrogens with zero attached hydrogens (tertiary/aromatic N) is 2. The Morgan fingerprint density at radius 2 is 2.14 bits per heavy atom. The minimum atomic E-state index is 0. The molecule has 0 radical (unpaired) electrons. The molecular formula is C14H25IN4S2. The third-order valence-corrected chi connectivity index (χ3v) is 5.48. The highest BCUT2D eigenvalue weighted by Crippen LogP contribution is 2.20. The van der Waals surface area contributed by atoms with Gasteiger partial charge < -0.3 is 11.1 Å². The summed E-state index contributed by atoms with van der Waals surface area (Å²) in [5, 5.41) is 5.38. The SMILES string of the molecule is I.NC(=NCCCSc1nccs1)NC1CCCCCC1. The summed E-state index contributed by atoms with van der Waals surface area (Å²) in [5.74, 6) is 1.67. The molecule has 2 rings (SSSR count). The summed E-state index contributed by atoms with van der Waals surface area (Å²) in [6.45, 7) is 0.796. The largest absolute Gasteiger partial charge is 0.370 e. The van der Waals surface area contributed by atoms with Crippen molar-refractivity contribution in [1.29, 1.82) is 0 Å². The molecular weight excluding hydrogens is 415 g/mol. The lowest BCUT2D eigenvalue weighted by Gasteiger charge is -2.16. The van der Waals surface area contributed by atoms with E-state index in [1.54, 1.807) is 23.1 Å². The zero-order valence-corrected chi connectivity index (χ0v) is 16.3. The van der Waals surface area contributed by atoms with E-state index in [0.29, 0.717) is 12.0 Å². The van der Waals surface area contributed by atoms with E-state index in [-0.39, 0.29) is 24.0 Å². The molecule has 120 valence electrons. The molecule has 0 unspecified atom stereocenters. The van der Waals surface area contributed by atoms with E-state index < -0.39 is 0 Å². The van der Waals surface area contributed by atoms with Crippen molar-refractivity contribution < 1.29 is 0 Å². The highest BCUT2D eigenvalue weighted by atomic mass is 127. The Labute approximate surface area is 152 Å². The number of rotatable bonds is 6. The van der Waals surface area contributed by atoms with Gasteiger partial charge in [-0.05, 0) is 19.3 Å². The molecule has 1 aliphatic rings. The van der Waals surface area contributed by atoms with Crippen molar-refractivity contribution in [1.82, 2.24) is 10.3 Å². The van der Waals surface area contributed by atoms with Crippen LogP contribution in [0.4, 0.5) is 0 Å². The second-order valence-electron chi connectivity index (χ2n) is 5.10. The van der Waals surface area contributed by atoms with Crippen LogP contribution in [0, 0.1) is 0 Å². The fourth-order valence-corrected chi connectivity index (χ4v) is 4.02. The van der Waals surface area contributed by atoms with Gasteiger partial charge in [0.2, 0.25) is 0 Å². The van der Waals surface area contributed by atoms with Crippen molar-refractivity contribution in [2.24, 2.45) is 10.7 Å². The van der Waals surface area contributed by atoms with Crippen LogP contribution in [0.3, 0.4) is 0 Å². The Kier molecular flexibility index (Phi) is 10.5. The van der Waals surface area contributed by atoms with Gasteiger partial charge in [-0.3, -0.25) is 4.99 Å². The maximum absolute atomic E-state index is 5.95. The number of hydrogen-bond acceptors (Lipinski definition) is 4. The fourth-order valence-electron chi connectivity index (χ4n) is 2.38. The Morgan fingerprint density at radius 1 is 1.38 bits per heavy atom. The number of aliphatic imine (C=N–C) groups is 1. The molecule has 1 aromatic heterocycles. The highest BCUT2D eigenvalue weighted by Gasteiger charge is 2.11. The van der Waals surface area contributed by atoms with Gasteiger partial charge in [0.25, 0.3) is 0 Å². The van der Waals surface area contributed by atoms with Crippen LogP contribution in [0.2, 0.25) is 0 Å². The lowest BCUT2D eigenvalue weighted by molar-refractivity contribution is 0.530. The summed E-state index contributed by atoms with van der Waals surface area (Å²) in [4.78, 5) is 8.66. The number of nitrogens with one attached hydrogen (secondary N) is 1. The number of aromatic nitrogens is 1. The third kappa shape index (κ3) is 8.25. The first-order chi connectivity index (χ1) is 9.84. The molecule has 0 bridgehead atoms. The van der Waals surface area contributed by atoms with Crippen molar-refractivity contribution in [3.05, 3.63) is 11.6 Å². The minimum absolute atomic E-state index is 0. The van der Waals surface area contributed by atoms with Crippen molar-refractivity contribution in [3.8, 4) is 0 Å². The predicted molar refractivity (Wildman–Crippen MR) is 104 cm³/mol. The summed E-state index contributed by atoms with van der Waals surface area (Å²) < 4.78 is 1.14. The Balaban J connectivity index is 0.00000220. The van der Waals surface area contributed by atoms with Crippen LogP contribution in [-0.2, 0) is 0 Å². The van der Waals surface area contributed by atoms with Gasteiger partial charge in [0.15, 0.2) is 5.96 Å². The maximum atomic E-state index is 5.95. The number of thioether (sulfide) groups is 1. The fraction of sp³-hybridized carbons (Fsp3) is 0.714. The molecule has 1 aromatic rings. The maximum Gasteiger partial charge on any atom is 0.188 e. The molecule has 3 N–H and O–H groups in total. The van der Waals surface area contributed by atoms with Gasteiger partial charge in [0, 0.05) is 29.9 Å². The van der Waals surface area contributed by atoms with Crippen LogP contribution < -0.4 is 11.1 Å². The standard InChI is InChI=1S/C14H24N4S2.HI/c15-13(18-12-6-3-1-2-4-7-12)16-8-5-10-19-14-17-9-11-20-14;/h9,11-12H,1-8,10H2,(H3,15,16,18);1H. The second-order valence-corrected chi connectivity index (χ2v) is 7.34. The van der Waals surface area contributed by atoms with Crippen LogP contribution in [0.15, 0.2) is 20.9 Å². The molecule has 4 nitrogen and oxygen atoms in total. The van der Waals surface area contributed by atoms with Gasteiger partial charge in [-0.1, -0.05) is 37.4 Å². The number of nitrogens with two attached hydrogens (primary N) is 1. The van der Waals surface area contributed by atoms with Crippen LogP contribution in [0.25, 0.3) is 0 Å². The highest BCUT2D eigenvalue weighted by molar-refractivity contribution is 14.0. The summed E-state index contributed by atoms with van der Waals surface area (Å²) in [6, 6.07) is 0.533. The summed E-state index contributed by atoms with van der Waals surface area (Å²) in [7, 11) is 0. The van der Waals surface area contributed by atoms with Gasteiger partial charge >= 0.3 is 0 Å². The topological polar surface area (TPSA) is 63.3 Å². The van der Waals surface area contributed by atoms with Gasteiger partial charge in [0.05, 0.1) is 0 Å². The van der Waals surface area contributed by atoms with Crippen LogP contribution in [-0.4, -0.2) is 29.3 Å². The van der Waals surface area contributed by atoms with E-state index in [1.807, 2.05) is 11.6 Å². The molecule has 1 heterocycles. The summed E-state index contributed by atoms with van der Waals surface area (Å²) in [5.41, 5.74) is 5.95. The van der Waals surface area contributed by atoms with Crippen LogP contribution >= 0.6 is 47.1 Å². The summed E-state index contributed by atoms with van der Waals surface area (Å²) in [6.07, 6.45) is 10.7. The molecule has 0 atom stereocenters. The molecule has 0 aromatic carbocycles. The first-order valence-corrected chi connectivity index (χ1v) is 9.30. The molecule has 0 saturated heterocycles. The van der Waals surface area contributed by atoms with Gasteiger partial charge in [0.1, 0.15) is 4.34 Å². The Hall–Kier alpha value is -0.0200. The van der Waals surface area contributed by atoms with Crippen molar-refractivity contribution in [2.45, 2.75) is 55.3 Å². The van der Waals surface area contributed by atoms with E-state index in [4.69, 9.17) is 5.73 Å². The molecule has 21 heavy (non-hydrogen) atoms. The van der Waals surface area contributed by atoms with E-state index >= 15 is 0 Å². The number of hydrogen-bond donors (Lipinski definition) is 2. The van der Waals surface area contributed by atoms with Crippen LogP contribution in [0.1, 0.15) is 44.9 Å². The Bertz CT molecular complexity index is 390. The first-order valence-electron chi connectivity index (χ1n) is 7.43. The molecule has 1 aliphatic carbocycles. The van der Waals surface area contributed by atoms with E-state index in [2.05, 4.69) is 15.3 Å². The molecule has 0 aliphatic heterocycles. The zero-order chi connectivity index (χ0) is 14.0. The smallest absolute Gasteiger partial charge is 0.188 e. The molecule has 0 amide bonds. The molecule has 0 spiro atoms. The van der Waals surface area contributed by atoms with E-state index in [9.17, 15) is 0 Å². The number of thiazole rings is 1. The second kappa shape index (κ2) is 11.5. The quantitative estimate of drug-likeness (QED) is 0.176. The number of halogens is 1. The molecule has 1 saturated carbocycles. The molecule has 7 heteroatoms. The number of guanidine groups is 1. The zero-order valence-electron chi connectivity index (χ0n) is 12.3. The van der Waals surface area contributed by atoms with Crippen molar-refractivity contribution in [2.75, 3.05) is 12.3 Å². The van der Waals surface area contributed by atoms with E-state index in [0.717, 1.165) is 23.1 Å². The van der Waals surface area contributed by atoms with Crippen LogP contribution in [0.5, 0.6) is 0 Å². The predicted octanol–water partition coefficient (Wildman–Crippen LogP) is 3.87. The van der Waals surface area contributed by atoms with Gasteiger partial charge in [-0.25, -0.2) is 4.98 Å². The van der Waals surface area contributed by atoms with Crippen molar-refractivity contribution in [3.63, 3.8) is 0 Å². The first kappa shape index (κ1) is 19.0. The monoisotopic (exact) mass is 440 g/mol.